The molecule has 2 aliphatic heterocycles. The number of carbonyl (C=O) groups excluding carboxylic acids is 1. The van der Waals surface area contributed by atoms with Crippen LogP contribution in [0.5, 0.6) is 17.2 Å². The summed E-state index contributed by atoms with van der Waals surface area (Å²) in [6, 6.07) is 13.6. The standard InChI is InChI=1S/C29H40N2O6/c1-33-27-12-10-22(20-28(27)34-2)9-11-26(37-29(32)25-8-3-4-13-30-25)23-6-5-7-24(21-23)36-19-16-31-14-17-35-18-15-31/h5-7,10,12,20-21,25-26,30H,3-4,8-9,11,13-19H2,1-2H3/t25-,26+/m0/s1. The quantitative estimate of drug-likeness (QED) is 0.431. The number of methoxy groups -OCH3 is 2. The van der Waals surface area contributed by atoms with Crippen molar-refractivity contribution in [2.75, 3.05) is 60.2 Å². The molecular weight excluding hydrogens is 472 g/mol. The number of nitrogens with zero attached hydrogens (tertiary/aromatic N) is 1. The first-order valence-corrected chi connectivity index (χ1v) is 13.3. The average molecular weight is 513 g/mol. The maximum atomic E-state index is 13.0. The number of carbonyl (C=O) groups is 1. The lowest BCUT2D eigenvalue weighted by Gasteiger charge is -2.27. The summed E-state index contributed by atoms with van der Waals surface area (Å²) in [6.07, 6.45) is 3.92. The first-order chi connectivity index (χ1) is 18.2. The Balaban J connectivity index is 1.43. The number of hydrogen-bond acceptors (Lipinski definition) is 8. The van der Waals surface area contributed by atoms with Crippen LogP contribution in [0.4, 0.5) is 0 Å². The lowest BCUT2D eigenvalue weighted by atomic mass is 10.00. The van der Waals surface area contributed by atoms with Crippen LogP contribution in [0.15, 0.2) is 42.5 Å². The Morgan fingerprint density at radius 2 is 1.92 bits per heavy atom. The zero-order valence-corrected chi connectivity index (χ0v) is 22.1. The van der Waals surface area contributed by atoms with Gasteiger partial charge in [0.2, 0.25) is 0 Å². The number of piperidine rings is 1. The summed E-state index contributed by atoms with van der Waals surface area (Å²) in [5.74, 6) is 1.99. The Morgan fingerprint density at radius 1 is 1.08 bits per heavy atom. The van der Waals surface area contributed by atoms with Crippen molar-refractivity contribution in [2.24, 2.45) is 0 Å². The third kappa shape index (κ3) is 8.09. The summed E-state index contributed by atoms with van der Waals surface area (Å²) in [6.45, 7) is 5.74. The topological polar surface area (TPSA) is 78.5 Å². The second-order valence-corrected chi connectivity index (χ2v) is 9.53. The van der Waals surface area contributed by atoms with Gasteiger partial charge < -0.3 is 29.0 Å². The van der Waals surface area contributed by atoms with Crippen molar-refractivity contribution in [1.29, 1.82) is 0 Å². The van der Waals surface area contributed by atoms with Gasteiger partial charge in [-0.3, -0.25) is 9.69 Å². The van der Waals surface area contributed by atoms with Crippen LogP contribution in [0.25, 0.3) is 0 Å². The minimum atomic E-state index is -0.382. The van der Waals surface area contributed by atoms with Gasteiger partial charge in [0.15, 0.2) is 11.5 Å². The molecule has 8 nitrogen and oxygen atoms in total. The Bertz CT molecular complexity index is 988. The second-order valence-electron chi connectivity index (χ2n) is 9.53. The molecule has 2 heterocycles. The molecule has 0 amide bonds. The largest absolute Gasteiger partial charge is 0.493 e. The predicted molar refractivity (Wildman–Crippen MR) is 142 cm³/mol. The van der Waals surface area contributed by atoms with Crippen molar-refractivity contribution in [2.45, 2.75) is 44.2 Å². The highest BCUT2D eigenvalue weighted by atomic mass is 16.5. The molecule has 8 heteroatoms. The summed E-state index contributed by atoms with van der Waals surface area (Å²) in [4.78, 5) is 15.4. The third-order valence-electron chi connectivity index (χ3n) is 7.01. The first-order valence-electron chi connectivity index (χ1n) is 13.3. The van der Waals surface area contributed by atoms with E-state index in [0.29, 0.717) is 24.5 Å². The Morgan fingerprint density at radius 3 is 2.68 bits per heavy atom. The summed E-state index contributed by atoms with van der Waals surface area (Å²) in [7, 11) is 3.26. The van der Waals surface area contributed by atoms with Crippen LogP contribution in [0.3, 0.4) is 0 Å². The predicted octanol–water partition coefficient (Wildman–Crippen LogP) is 3.77. The van der Waals surface area contributed by atoms with Crippen molar-refractivity contribution in [3.8, 4) is 17.2 Å². The van der Waals surface area contributed by atoms with Crippen molar-refractivity contribution in [3.63, 3.8) is 0 Å². The number of esters is 1. The summed E-state index contributed by atoms with van der Waals surface area (Å²) in [5, 5.41) is 3.30. The molecule has 2 fully saturated rings. The van der Waals surface area contributed by atoms with E-state index in [1.807, 2.05) is 42.5 Å². The van der Waals surface area contributed by atoms with Crippen LogP contribution in [0, 0.1) is 0 Å². The van der Waals surface area contributed by atoms with Crippen molar-refractivity contribution >= 4 is 5.97 Å². The fourth-order valence-electron chi connectivity index (χ4n) is 4.82. The van der Waals surface area contributed by atoms with Crippen LogP contribution in [0.2, 0.25) is 0 Å². The SMILES string of the molecule is COc1ccc(CC[C@@H](OC(=O)[C@@H]2CCCCN2)c2cccc(OCCN3CCOCC3)c2)cc1OC. The van der Waals surface area contributed by atoms with Crippen molar-refractivity contribution in [1.82, 2.24) is 10.2 Å². The van der Waals surface area contributed by atoms with Crippen LogP contribution < -0.4 is 19.5 Å². The number of rotatable bonds is 12. The van der Waals surface area contributed by atoms with Gasteiger partial charge in [-0.2, -0.15) is 0 Å². The van der Waals surface area contributed by atoms with Crippen molar-refractivity contribution in [3.05, 3.63) is 53.6 Å². The van der Waals surface area contributed by atoms with E-state index in [2.05, 4.69) is 10.2 Å². The average Bonchev–Trinajstić information content (AvgIpc) is 2.96. The van der Waals surface area contributed by atoms with Crippen molar-refractivity contribution < 1.29 is 28.5 Å². The van der Waals surface area contributed by atoms with Crippen LogP contribution >= 0.6 is 0 Å². The molecule has 0 unspecified atom stereocenters. The maximum Gasteiger partial charge on any atom is 0.323 e. The Hall–Kier alpha value is -2.81. The molecule has 0 aliphatic carbocycles. The normalized spacial score (nSPS) is 19.1. The number of ether oxygens (including phenoxy) is 5. The van der Waals surface area contributed by atoms with Gasteiger partial charge >= 0.3 is 5.97 Å². The number of morpholine rings is 1. The van der Waals surface area contributed by atoms with Gasteiger partial charge in [0.05, 0.1) is 27.4 Å². The summed E-state index contributed by atoms with van der Waals surface area (Å²) in [5.41, 5.74) is 2.03. The highest BCUT2D eigenvalue weighted by molar-refractivity contribution is 5.76. The van der Waals surface area contributed by atoms with Crippen LogP contribution in [-0.4, -0.2) is 77.1 Å². The van der Waals surface area contributed by atoms with E-state index >= 15 is 0 Å². The number of aryl methyl sites for hydroxylation is 1. The van der Waals surface area contributed by atoms with E-state index in [1.165, 1.54) is 0 Å². The molecule has 4 rings (SSSR count). The molecule has 37 heavy (non-hydrogen) atoms. The first kappa shape index (κ1) is 27.2. The Kier molecular flexibility index (Phi) is 10.5. The monoisotopic (exact) mass is 512 g/mol. The van der Waals surface area contributed by atoms with Crippen LogP contribution in [-0.2, 0) is 20.7 Å². The van der Waals surface area contributed by atoms with E-state index in [-0.39, 0.29) is 18.1 Å². The summed E-state index contributed by atoms with van der Waals surface area (Å²) >= 11 is 0. The molecule has 0 spiro atoms. The van der Waals surface area contributed by atoms with Gasteiger partial charge in [-0.05, 0) is 67.6 Å². The van der Waals surface area contributed by atoms with E-state index in [4.69, 9.17) is 23.7 Å². The van der Waals surface area contributed by atoms with Gasteiger partial charge in [0.1, 0.15) is 24.5 Å². The third-order valence-corrected chi connectivity index (χ3v) is 7.01. The minimum Gasteiger partial charge on any atom is -0.493 e. The zero-order chi connectivity index (χ0) is 25.9. The van der Waals surface area contributed by atoms with Gasteiger partial charge in [0, 0.05) is 19.6 Å². The molecule has 0 radical (unpaired) electrons. The molecule has 2 atom stereocenters. The lowest BCUT2D eigenvalue weighted by molar-refractivity contribution is -0.153. The minimum absolute atomic E-state index is 0.185. The van der Waals surface area contributed by atoms with Gasteiger partial charge in [0.25, 0.3) is 0 Å². The zero-order valence-electron chi connectivity index (χ0n) is 22.1. The molecule has 0 saturated carbocycles. The summed E-state index contributed by atoms with van der Waals surface area (Å²) < 4.78 is 28.4. The van der Waals surface area contributed by atoms with Crippen LogP contribution in [0.1, 0.15) is 42.9 Å². The highest BCUT2D eigenvalue weighted by Gasteiger charge is 2.26. The Labute approximate surface area is 220 Å². The smallest absolute Gasteiger partial charge is 0.323 e. The van der Waals surface area contributed by atoms with Gasteiger partial charge in [-0.15, -0.1) is 0 Å². The fourth-order valence-corrected chi connectivity index (χ4v) is 4.82. The van der Waals surface area contributed by atoms with E-state index in [0.717, 1.165) is 82.0 Å². The maximum absolute atomic E-state index is 13.0. The van der Waals surface area contributed by atoms with Gasteiger partial charge in [-0.25, -0.2) is 0 Å². The molecule has 1 N–H and O–H groups in total. The van der Waals surface area contributed by atoms with E-state index in [9.17, 15) is 4.79 Å². The lowest BCUT2D eigenvalue weighted by Crippen LogP contribution is -2.41. The molecular formula is C29H40N2O6. The molecule has 2 aromatic rings. The molecule has 2 aromatic carbocycles. The molecule has 2 aliphatic rings. The fraction of sp³-hybridized carbons (Fsp3) is 0.552. The molecule has 0 bridgehead atoms. The van der Waals surface area contributed by atoms with Gasteiger partial charge in [-0.1, -0.05) is 24.6 Å². The highest BCUT2D eigenvalue weighted by Crippen LogP contribution is 2.31. The number of benzene rings is 2. The molecule has 2 saturated heterocycles. The van der Waals surface area contributed by atoms with E-state index in [1.54, 1.807) is 14.2 Å². The molecule has 202 valence electrons. The number of hydrogen-bond donors (Lipinski definition) is 1. The molecule has 0 aromatic heterocycles. The van der Waals surface area contributed by atoms with E-state index < -0.39 is 0 Å². The number of nitrogens with one attached hydrogen (secondary N) is 1. The second kappa shape index (κ2) is 14.2.